The van der Waals surface area contributed by atoms with Gasteiger partial charge in [0.15, 0.2) is 0 Å². The molecule has 0 aliphatic heterocycles. The average Bonchev–Trinajstić information content (AvgIpc) is 1.43. The van der Waals surface area contributed by atoms with Crippen LogP contribution in [0.25, 0.3) is 166 Å². The van der Waals surface area contributed by atoms with E-state index in [2.05, 4.69) is 351 Å². The van der Waals surface area contributed by atoms with E-state index in [4.69, 9.17) is 0 Å². The fourth-order valence-corrected chi connectivity index (χ4v) is 16.0. The SMILES string of the molecule is Cc1c(C)c(C)c(-c2c(-n3c4ccccc4c4ccccc43)c(-n3c4ccc(-c5ccccc5)cc4c4cc(-c5ccccc5)ccc43)c(C)c(-n3c4ccc(-c5ccccc5)cc4c4cc(-c5ccccc5)ccc43)c2-n2c3ccccc3c3ccccc32)c(C)c1C. The highest BCUT2D eigenvalue weighted by Crippen LogP contribution is 2.54. The second kappa shape index (κ2) is 21.4. The molecule has 0 spiro atoms. The van der Waals surface area contributed by atoms with Crippen molar-refractivity contribution in [3.63, 3.8) is 0 Å². The summed E-state index contributed by atoms with van der Waals surface area (Å²) >= 11 is 0. The number of aromatic nitrogens is 4. The Hall–Kier alpha value is -11.7. The average molecular weight is 1200 g/mol. The zero-order valence-corrected chi connectivity index (χ0v) is 53.5. The molecule has 0 unspecified atom stereocenters. The van der Waals surface area contributed by atoms with E-state index in [1.54, 1.807) is 0 Å². The van der Waals surface area contributed by atoms with Gasteiger partial charge >= 0.3 is 0 Å². The van der Waals surface area contributed by atoms with E-state index in [0.717, 1.165) is 78.0 Å². The summed E-state index contributed by atoms with van der Waals surface area (Å²) in [4.78, 5) is 0. The lowest BCUT2D eigenvalue weighted by atomic mass is 9.83. The van der Waals surface area contributed by atoms with Crippen LogP contribution >= 0.6 is 0 Å². The van der Waals surface area contributed by atoms with Crippen molar-refractivity contribution in [3.8, 4) is 78.4 Å². The van der Waals surface area contributed by atoms with Gasteiger partial charge in [-0.2, -0.15) is 0 Å². The molecule has 0 aliphatic carbocycles. The van der Waals surface area contributed by atoms with Gasteiger partial charge in [-0.25, -0.2) is 0 Å². The maximum atomic E-state index is 2.67. The molecule has 0 saturated carbocycles. The van der Waals surface area contributed by atoms with Crippen LogP contribution in [0.1, 0.15) is 33.4 Å². The Morgan fingerprint density at radius 2 is 0.383 bits per heavy atom. The smallest absolute Gasteiger partial charge is 0.0807 e. The summed E-state index contributed by atoms with van der Waals surface area (Å²) in [6.07, 6.45) is 0. The first-order valence-corrected chi connectivity index (χ1v) is 32.8. The van der Waals surface area contributed by atoms with E-state index in [-0.39, 0.29) is 0 Å². The Kier molecular flexibility index (Phi) is 12.6. The van der Waals surface area contributed by atoms with E-state index in [0.29, 0.717) is 0 Å². The number of nitrogens with zero attached hydrogens (tertiary/aromatic N) is 4. The first kappa shape index (κ1) is 55.1. The van der Waals surface area contributed by atoms with Crippen LogP contribution in [0.4, 0.5) is 0 Å². The quantitative estimate of drug-likeness (QED) is 0.137. The van der Waals surface area contributed by atoms with E-state index in [1.165, 1.54) is 121 Å². The van der Waals surface area contributed by atoms with Gasteiger partial charge in [-0.05, 0) is 192 Å². The van der Waals surface area contributed by atoms with E-state index in [9.17, 15) is 0 Å². The molecular weight excluding hydrogens is 1140 g/mol. The zero-order chi connectivity index (χ0) is 63.0. The fourth-order valence-electron chi connectivity index (χ4n) is 16.0. The lowest BCUT2D eigenvalue weighted by Gasteiger charge is -2.32. The molecule has 0 atom stereocenters. The molecule has 4 heteroatoms. The largest absolute Gasteiger partial charge is 0.307 e. The number of fused-ring (bicyclic) bond motifs is 12. The summed E-state index contributed by atoms with van der Waals surface area (Å²) in [7, 11) is 0. The third-order valence-electron chi connectivity index (χ3n) is 20.9. The number of hydrogen-bond donors (Lipinski definition) is 0. The van der Waals surface area contributed by atoms with E-state index < -0.39 is 0 Å². The lowest BCUT2D eigenvalue weighted by Crippen LogP contribution is -2.17. The highest BCUT2D eigenvalue weighted by atomic mass is 15.1. The molecule has 4 nitrogen and oxygen atoms in total. The van der Waals surface area contributed by atoms with Crippen LogP contribution in [0.3, 0.4) is 0 Å². The summed E-state index contributed by atoms with van der Waals surface area (Å²) < 4.78 is 10.6. The van der Waals surface area contributed by atoms with E-state index in [1.807, 2.05) is 0 Å². The molecule has 94 heavy (non-hydrogen) atoms. The maximum Gasteiger partial charge on any atom is 0.0807 e. The van der Waals surface area contributed by atoms with Gasteiger partial charge in [0, 0.05) is 54.2 Å². The van der Waals surface area contributed by atoms with Crippen LogP contribution in [-0.4, -0.2) is 18.3 Å². The third-order valence-corrected chi connectivity index (χ3v) is 20.9. The molecule has 0 aliphatic rings. The molecule has 446 valence electrons. The summed E-state index contributed by atoms with van der Waals surface area (Å²) in [5, 5.41) is 9.55. The first-order valence-electron chi connectivity index (χ1n) is 32.8. The molecule has 0 bridgehead atoms. The maximum absolute atomic E-state index is 2.67. The van der Waals surface area contributed by atoms with Crippen LogP contribution in [0.15, 0.2) is 291 Å². The minimum atomic E-state index is 1.10. The van der Waals surface area contributed by atoms with Gasteiger partial charge in [-0.15, -0.1) is 0 Å². The number of rotatable bonds is 9. The van der Waals surface area contributed by atoms with Crippen LogP contribution in [0.5, 0.6) is 0 Å². The Balaban J connectivity index is 1.14. The number of hydrogen-bond acceptors (Lipinski definition) is 0. The minimum Gasteiger partial charge on any atom is -0.307 e. The highest BCUT2D eigenvalue weighted by Gasteiger charge is 2.35. The van der Waals surface area contributed by atoms with Crippen LogP contribution in [0, 0.1) is 41.5 Å². The summed E-state index contributed by atoms with van der Waals surface area (Å²) in [6.45, 7) is 14.2. The summed E-state index contributed by atoms with van der Waals surface area (Å²) in [5.74, 6) is 0. The van der Waals surface area contributed by atoms with Crippen molar-refractivity contribution < 1.29 is 0 Å². The predicted octanol–water partition coefficient (Wildman–Crippen LogP) is 24.3. The normalized spacial score (nSPS) is 11.9. The molecule has 0 fully saturated rings. The predicted molar refractivity (Wildman–Crippen MR) is 399 cm³/mol. The molecule has 0 N–H and O–H groups in total. The van der Waals surface area contributed by atoms with Crippen molar-refractivity contribution in [2.24, 2.45) is 0 Å². The van der Waals surface area contributed by atoms with Crippen LogP contribution in [-0.2, 0) is 0 Å². The molecule has 0 radical (unpaired) electrons. The molecule has 18 aromatic rings. The third kappa shape index (κ3) is 8.19. The van der Waals surface area contributed by atoms with Crippen LogP contribution in [0.2, 0.25) is 0 Å². The zero-order valence-electron chi connectivity index (χ0n) is 53.5. The fraction of sp³-hybridized carbons (Fsp3) is 0.0667. The molecular formula is C90H66N4. The molecule has 14 aromatic carbocycles. The van der Waals surface area contributed by atoms with Gasteiger partial charge in [0.05, 0.1) is 66.9 Å². The van der Waals surface area contributed by atoms with Crippen molar-refractivity contribution in [2.75, 3.05) is 0 Å². The van der Waals surface area contributed by atoms with Crippen molar-refractivity contribution in [3.05, 3.63) is 325 Å². The van der Waals surface area contributed by atoms with E-state index >= 15 is 0 Å². The second-order valence-electron chi connectivity index (χ2n) is 25.7. The number of benzene rings is 14. The molecule has 0 amide bonds. The minimum absolute atomic E-state index is 1.10. The lowest BCUT2D eigenvalue weighted by molar-refractivity contribution is 1.02. The molecule has 0 saturated heterocycles. The van der Waals surface area contributed by atoms with Crippen molar-refractivity contribution >= 4 is 87.2 Å². The summed E-state index contributed by atoms with van der Waals surface area (Å²) in [5.41, 5.74) is 32.8. The van der Waals surface area contributed by atoms with Gasteiger partial charge in [0.25, 0.3) is 0 Å². The highest BCUT2D eigenvalue weighted by molar-refractivity contribution is 6.18. The first-order chi connectivity index (χ1) is 46.2. The Bertz CT molecular complexity index is 5460. The van der Waals surface area contributed by atoms with Crippen LogP contribution < -0.4 is 0 Å². The second-order valence-corrected chi connectivity index (χ2v) is 25.7. The van der Waals surface area contributed by atoms with Crippen molar-refractivity contribution in [1.29, 1.82) is 0 Å². The Morgan fingerprint density at radius 3 is 0.660 bits per heavy atom. The van der Waals surface area contributed by atoms with Gasteiger partial charge in [0.1, 0.15) is 0 Å². The summed E-state index contributed by atoms with van der Waals surface area (Å²) in [6, 6.07) is 109. The monoisotopic (exact) mass is 1200 g/mol. The van der Waals surface area contributed by atoms with Gasteiger partial charge in [-0.1, -0.05) is 218 Å². The number of para-hydroxylation sites is 4. The molecule has 4 heterocycles. The Labute approximate surface area is 546 Å². The van der Waals surface area contributed by atoms with Gasteiger partial charge in [0.2, 0.25) is 0 Å². The standard InChI is InChI=1S/C90H66N4/c1-55-56(2)58(4)85(59(5)57(55)3)86-89(93-77-39-23-19-35-69(77)70-36-20-24-40-78(70)93)87(91-81-47-43-65(61-27-11-7-12-28-61)51-73(81)74-52-66(44-48-82(74)91)62-29-13-8-14-30-62)60(6)88(90(86)94-79-41-25-21-37-71(79)72-38-22-26-42-80(72)94)92-83-49-45-67(63-31-15-9-16-32-63)53-75(83)76-54-68(46-50-84(76)92)64-33-17-10-18-34-64/h7-54H,1-6H3. The molecule has 4 aromatic heterocycles. The van der Waals surface area contributed by atoms with Crippen molar-refractivity contribution in [1.82, 2.24) is 18.3 Å². The van der Waals surface area contributed by atoms with Gasteiger partial charge in [-0.3, -0.25) is 0 Å². The Morgan fingerprint density at radius 1 is 0.160 bits per heavy atom. The van der Waals surface area contributed by atoms with Gasteiger partial charge < -0.3 is 18.3 Å². The molecule has 18 rings (SSSR count). The topological polar surface area (TPSA) is 19.7 Å². The van der Waals surface area contributed by atoms with Crippen molar-refractivity contribution in [2.45, 2.75) is 41.5 Å².